The van der Waals surface area contributed by atoms with Crippen LogP contribution in [0.2, 0.25) is 0 Å². The van der Waals surface area contributed by atoms with Gasteiger partial charge in [0.15, 0.2) is 5.82 Å². The predicted molar refractivity (Wildman–Crippen MR) is 123 cm³/mol. The molecule has 2 aromatic carbocycles. The first-order valence-corrected chi connectivity index (χ1v) is 10.9. The number of carbonyl (C=O) groups excluding carboxylic acids is 1. The van der Waals surface area contributed by atoms with E-state index in [1.54, 1.807) is 12.1 Å². The van der Waals surface area contributed by atoms with Crippen LogP contribution in [-0.2, 0) is 4.79 Å². The number of para-hydroxylation sites is 1. The number of halogens is 1. The predicted octanol–water partition coefficient (Wildman–Crippen LogP) is 3.72. The topological polar surface area (TPSA) is 104 Å². The van der Waals surface area contributed by atoms with Crippen LogP contribution in [0.15, 0.2) is 59.8 Å². The van der Waals surface area contributed by atoms with Crippen molar-refractivity contribution in [2.24, 2.45) is 0 Å². The zero-order valence-electron chi connectivity index (χ0n) is 17.6. The fraction of sp³-hybridized carbons (Fsp3) is 0.182. The largest absolute Gasteiger partial charge is 0.335 e. The van der Waals surface area contributed by atoms with E-state index in [-0.39, 0.29) is 18.1 Å². The minimum Gasteiger partial charge on any atom is -0.335 e. The van der Waals surface area contributed by atoms with E-state index in [2.05, 4.69) is 20.6 Å². The molecule has 0 saturated heterocycles. The quantitative estimate of drug-likeness (QED) is 0.328. The van der Waals surface area contributed by atoms with Gasteiger partial charge in [-0.25, -0.2) is 13.7 Å². The zero-order chi connectivity index (χ0) is 22.7. The number of nitrogens with zero attached hydrogens (tertiary/aromatic N) is 5. The summed E-state index contributed by atoms with van der Waals surface area (Å²) in [4.78, 5) is 12.5. The van der Waals surface area contributed by atoms with Gasteiger partial charge in [-0.3, -0.25) is 4.79 Å². The number of hydrogen-bond acceptors (Lipinski definition) is 6. The third-order valence-corrected chi connectivity index (χ3v) is 5.83. The molecule has 0 spiro atoms. The molecule has 4 rings (SSSR count). The second kappa shape index (κ2) is 9.23. The number of hydrogen-bond donors (Lipinski definition) is 2. The molecular weight excluding hydrogens is 429 g/mol. The first kappa shape index (κ1) is 21.6. The number of amides is 1. The Labute approximate surface area is 188 Å². The Hall–Kier alpha value is -3.66. The number of nitrogens with two attached hydrogens (primary N) is 1. The molecule has 0 aliphatic heterocycles. The van der Waals surface area contributed by atoms with Crippen molar-refractivity contribution in [2.75, 3.05) is 16.9 Å². The Kier molecular flexibility index (Phi) is 6.22. The van der Waals surface area contributed by atoms with Gasteiger partial charge >= 0.3 is 0 Å². The van der Waals surface area contributed by atoms with E-state index in [0.29, 0.717) is 28.0 Å². The molecule has 10 heteroatoms. The van der Waals surface area contributed by atoms with Gasteiger partial charge in [0.2, 0.25) is 11.1 Å². The summed E-state index contributed by atoms with van der Waals surface area (Å²) in [5.74, 6) is 6.51. The molecule has 0 fully saturated rings. The Morgan fingerprint density at radius 1 is 1.09 bits per heavy atom. The van der Waals surface area contributed by atoms with E-state index >= 15 is 0 Å². The number of nitrogens with one attached hydrogen (secondary N) is 1. The highest BCUT2D eigenvalue weighted by Crippen LogP contribution is 2.24. The molecule has 32 heavy (non-hydrogen) atoms. The van der Waals surface area contributed by atoms with Crippen LogP contribution >= 0.6 is 11.8 Å². The third-order valence-electron chi connectivity index (χ3n) is 4.88. The van der Waals surface area contributed by atoms with Crippen molar-refractivity contribution >= 4 is 23.4 Å². The average Bonchev–Trinajstić information content (AvgIpc) is 3.29. The highest BCUT2D eigenvalue weighted by molar-refractivity contribution is 7.99. The lowest BCUT2D eigenvalue weighted by Crippen LogP contribution is -2.15. The van der Waals surface area contributed by atoms with Crippen molar-refractivity contribution in [1.29, 1.82) is 0 Å². The van der Waals surface area contributed by atoms with Gasteiger partial charge in [0.05, 0.1) is 22.8 Å². The molecule has 4 aromatic rings. The number of anilines is 1. The molecule has 164 valence electrons. The lowest BCUT2D eigenvalue weighted by atomic mass is 10.2. The van der Waals surface area contributed by atoms with Crippen LogP contribution in [-0.4, -0.2) is 36.3 Å². The minimum atomic E-state index is -0.336. The van der Waals surface area contributed by atoms with Crippen LogP contribution < -0.4 is 11.2 Å². The summed E-state index contributed by atoms with van der Waals surface area (Å²) in [5, 5.41) is 16.1. The fourth-order valence-electron chi connectivity index (χ4n) is 3.25. The van der Waals surface area contributed by atoms with Gasteiger partial charge in [-0.15, -0.1) is 10.2 Å². The average molecular weight is 452 g/mol. The van der Waals surface area contributed by atoms with E-state index in [0.717, 1.165) is 17.1 Å². The summed E-state index contributed by atoms with van der Waals surface area (Å²) in [7, 11) is 0. The monoisotopic (exact) mass is 451 g/mol. The molecule has 3 N–H and O–H groups in total. The molecule has 0 radical (unpaired) electrons. The molecule has 0 aliphatic rings. The van der Waals surface area contributed by atoms with Crippen molar-refractivity contribution < 1.29 is 9.18 Å². The lowest BCUT2D eigenvalue weighted by molar-refractivity contribution is -0.115. The van der Waals surface area contributed by atoms with Crippen molar-refractivity contribution in [3.63, 3.8) is 0 Å². The molecular formula is C22H22FN7OS. The lowest BCUT2D eigenvalue weighted by Gasteiger charge is -2.07. The Bertz CT molecular complexity index is 1240. The summed E-state index contributed by atoms with van der Waals surface area (Å²) < 4.78 is 16.3. The number of thioether (sulfide) groups is 1. The van der Waals surface area contributed by atoms with Gasteiger partial charge < -0.3 is 11.2 Å². The van der Waals surface area contributed by atoms with Crippen LogP contribution in [0.4, 0.5) is 10.1 Å². The first-order valence-electron chi connectivity index (χ1n) is 9.94. The molecule has 1 amide bonds. The Morgan fingerprint density at radius 2 is 1.81 bits per heavy atom. The van der Waals surface area contributed by atoms with Crippen LogP contribution in [0.25, 0.3) is 17.1 Å². The van der Waals surface area contributed by atoms with Gasteiger partial charge in [-0.1, -0.05) is 30.0 Å². The van der Waals surface area contributed by atoms with Crippen LogP contribution in [0.1, 0.15) is 17.8 Å². The fourth-order valence-corrected chi connectivity index (χ4v) is 4.05. The summed E-state index contributed by atoms with van der Waals surface area (Å²) >= 11 is 1.32. The first-order chi connectivity index (χ1) is 15.4. The minimum absolute atomic E-state index is 0.127. The van der Waals surface area contributed by atoms with Gasteiger partial charge in [0.1, 0.15) is 5.82 Å². The Morgan fingerprint density at radius 3 is 2.53 bits per heavy atom. The van der Waals surface area contributed by atoms with Crippen LogP contribution in [0, 0.1) is 19.7 Å². The molecule has 2 aromatic heterocycles. The maximum Gasteiger partial charge on any atom is 0.225 e. The number of rotatable bonds is 7. The summed E-state index contributed by atoms with van der Waals surface area (Å²) in [6.07, 6.45) is 0.263. The second-order valence-electron chi connectivity index (χ2n) is 7.12. The summed E-state index contributed by atoms with van der Waals surface area (Å²) in [6, 6.07) is 15.6. The molecule has 0 atom stereocenters. The van der Waals surface area contributed by atoms with Crippen LogP contribution in [0.5, 0.6) is 0 Å². The van der Waals surface area contributed by atoms with Crippen molar-refractivity contribution in [3.8, 4) is 17.1 Å². The third kappa shape index (κ3) is 4.50. The number of aryl methyl sites for hydroxylation is 1. The molecule has 2 heterocycles. The van der Waals surface area contributed by atoms with Gasteiger partial charge in [-0.2, -0.15) is 5.10 Å². The number of carbonyl (C=O) groups is 1. The maximum atomic E-state index is 13.1. The van der Waals surface area contributed by atoms with Gasteiger partial charge in [0.25, 0.3) is 0 Å². The standard InChI is InChI=1S/C22H22FN7OS/c1-14-20(15(2)30(28-14)18-6-4-3-5-7-18)25-19(31)12-13-32-22-27-26-21(29(22)24)16-8-10-17(23)11-9-16/h3-11H,12-13,24H2,1-2H3,(H,25,31). The SMILES string of the molecule is Cc1nn(-c2ccccc2)c(C)c1NC(=O)CCSc1nnc(-c2ccc(F)cc2)n1N. The van der Waals surface area contributed by atoms with Crippen molar-refractivity contribution in [1.82, 2.24) is 24.7 Å². The molecule has 0 bridgehead atoms. The number of benzene rings is 2. The maximum absolute atomic E-state index is 13.1. The van der Waals surface area contributed by atoms with E-state index in [4.69, 9.17) is 5.84 Å². The molecule has 8 nitrogen and oxygen atoms in total. The van der Waals surface area contributed by atoms with E-state index in [9.17, 15) is 9.18 Å². The van der Waals surface area contributed by atoms with Gasteiger partial charge in [-0.05, 0) is 50.2 Å². The van der Waals surface area contributed by atoms with E-state index in [1.165, 1.54) is 28.6 Å². The molecule has 0 saturated carbocycles. The summed E-state index contributed by atoms with van der Waals surface area (Å²) in [5.41, 5.74) is 3.92. The normalized spacial score (nSPS) is 11.0. The smallest absolute Gasteiger partial charge is 0.225 e. The van der Waals surface area contributed by atoms with E-state index < -0.39 is 0 Å². The van der Waals surface area contributed by atoms with E-state index in [1.807, 2.05) is 48.9 Å². The molecule has 0 aliphatic carbocycles. The highest BCUT2D eigenvalue weighted by atomic mass is 32.2. The van der Waals surface area contributed by atoms with Crippen LogP contribution in [0.3, 0.4) is 0 Å². The highest BCUT2D eigenvalue weighted by Gasteiger charge is 2.16. The summed E-state index contributed by atoms with van der Waals surface area (Å²) in [6.45, 7) is 3.79. The Balaban J connectivity index is 1.37. The van der Waals surface area contributed by atoms with Gasteiger partial charge in [0, 0.05) is 17.7 Å². The molecule has 0 unspecified atom stereocenters. The number of nitrogen functional groups attached to an aromatic ring is 1. The number of aromatic nitrogens is 5. The van der Waals surface area contributed by atoms with Crippen molar-refractivity contribution in [3.05, 3.63) is 71.8 Å². The van der Waals surface area contributed by atoms with Crippen molar-refractivity contribution in [2.45, 2.75) is 25.4 Å². The zero-order valence-corrected chi connectivity index (χ0v) is 18.4. The second-order valence-corrected chi connectivity index (χ2v) is 8.18.